The van der Waals surface area contributed by atoms with E-state index in [9.17, 15) is 4.79 Å². The van der Waals surface area contributed by atoms with Crippen LogP contribution >= 0.6 is 11.8 Å². The molecular weight excluding hydrogens is 290 g/mol. The summed E-state index contributed by atoms with van der Waals surface area (Å²) in [5.41, 5.74) is 1.25. The van der Waals surface area contributed by atoms with Crippen LogP contribution < -0.4 is 0 Å². The van der Waals surface area contributed by atoms with E-state index in [0.717, 1.165) is 10.8 Å². The summed E-state index contributed by atoms with van der Waals surface area (Å²) < 4.78 is 12.2. The van der Waals surface area contributed by atoms with Crippen LogP contribution in [-0.2, 0) is 10.5 Å². The number of aromatic nitrogens is 3. The molecule has 0 amide bonds. The van der Waals surface area contributed by atoms with Crippen LogP contribution in [0.25, 0.3) is 5.65 Å². The minimum absolute atomic E-state index is 0.388. The van der Waals surface area contributed by atoms with Gasteiger partial charge in [-0.15, -0.1) is 10.2 Å². The van der Waals surface area contributed by atoms with Crippen molar-refractivity contribution in [2.45, 2.75) is 17.8 Å². The maximum absolute atomic E-state index is 11.5. The Labute approximate surface area is 125 Å². The van der Waals surface area contributed by atoms with Gasteiger partial charge in [0.05, 0.1) is 12.9 Å². The summed E-state index contributed by atoms with van der Waals surface area (Å²) in [4.78, 5) is 11.5. The highest BCUT2D eigenvalue weighted by atomic mass is 32.2. The smallest absolute Gasteiger partial charge is 0.341 e. The lowest BCUT2D eigenvalue weighted by molar-refractivity contribution is 0.0599. The van der Waals surface area contributed by atoms with E-state index >= 15 is 0 Å². The molecule has 3 rings (SSSR count). The molecule has 0 saturated carbocycles. The second-order valence-corrected chi connectivity index (χ2v) is 5.32. The van der Waals surface area contributed by atoms with Crippen molar-refractivity contribution in [3.05, 3.63) is 47.5 Å². The van der Waals surface area contributed by atoms with E-state index in [4.69, 9.17) is 9.15 Å². The number of furan rings is 1. The molecule has 108 valence electrons. The first-order chi connectivity index (χ1) is 10.2. The average Bonchev–Trinajstić information content (AvgIpc) is 3.08. The molecule has 7 heteroatoms. The van der Waals surface area contributed by atoms with Crippen molar-refractivity contribution in [3.63, 3.8) is 0 Å². The van der Waals surface area contributed by atoms with Crippen molar-refractivity contribution >= 4 is 23.4 Å². The third kappa shape index (κ3) is 2.64. The van der Waals surface area contributed by atoms with Gasteiger partial charge in [0, 0.05) is 6.20 Å². The van der Waals surface area contributed by atoms with Gasteiger partial charge in [-0.2, -0.15) is 0 Å². The van der Waals surface area contributed by atoms with Crippen LogP contribution in [0.3, 0.4) is 0 Å². The summed E-state index contributed by atoms with van der Waals surface area (Å²) in [7, 11) is 1.35. The third-order valence-corrected chi connectivity index (χ3v) is 3.97. The molecule has 0 bridgehead atoms. The predicted molar refractivity (Wildman–Crippen MR) is 77.3 cm³/mol. The first kappa shape index (κ1) is 13.7. The zero-order valence-corrected chi connectivity index (χ0v) is 12.4. The van der Waals surface area contributed by atoms with Crippen LogP contribution in [0.2, 0.25) is 0 Å². The molecular formula is C14H13N3O3S. The van der Waals surface area contributed by atoms with Gasteiger partial charge < -0.3 is 9.15 Å². The first-order valence-electron chi connectivity index (χ1n) is 6.29. The van der Waals surface area contributed by atoms with Gasteiger partial charge in [0.15, 0.2) is 10.8 Å². The van der Waals surface area contributed by atoms with Crippen molar-refractivity contribution in [2.24, 2.45) is 0 Å². The Balaban J connectivity index is 1.77. The van der Waals surface area contributed by atoms with Crippen molar-refractivity contribution in [1.82, 2.24) is 14.6 Å². The summed E-state index contributed by atoms with van der Waals surface area (Å²) in [6.45, 7) is 1.74. The zero-order chi connectivity index (χ0) is 14.8. The second-order valence-electron chi connectivity index (χ2n) is 4.37. The number of carbonyl (C=O) groups is 1. The van der Waals surface area contributed by atoms with Crippen molar-refractivity contribution < 1.29 is 13.9 Å². The number of rotatable bonds is 4. The molecule has 21 heavy (non-hydrogen) atoms. The van der Waals surface area contributed by atoms with Gasteiger partial charge in [0.2, 0.25) is 0 Å². The van der Waals surface area contributed by atoms with Gasteiger partial charge >= 0.3 is 5.97 Å². The van der Waals surface area contributed by atoms with E-state index in [1.54, 1.807) is 13.0 Å². The van der Waals surface area contributed by atoms with Gasteiger partial charge in [-0.25, -0.2) is 4.79 Å². The van der Waals surface area contributed by atoms with E-state index in [1.165, 1.54) is 18.9 Å². The highest BCUT2D eigenvalue weighted by molar-refractivity contribution is 7.98. The van der Waals surface area contributed by atoms with Crippen LogP contribution in [0, 0.1) is 6.92 Å². The van der Waals surface area contributed by atoms with Gasteiger partial charge in [-0.3, -0.25) is 4.40 Å². The Hall–Kier alpha value is -2.28. The monoisotopic (exact) mass is 303 g/mol. The maximum atomic E-state index is 11.5. The molecule has 0 aromatic carbocycles. The fraction of sp³-hybridized carbons (Fsp3) is 0.214. The molecule has 0 aliphatic carbocycles. The summed E-state index contributed by atoms with van der Waals surface area (Å²) in [5.74, 6) is 1.43. The summed E-state index contributed by atoms with van der Waals surface area (Å²) in [5, 5.41) is 8.99. The molecule has 6 nitrogen and oxygen atoms in total. The lowest BCUT2D eigenvalue weighted by Crippen LogP contribution is -2.00. The predicted octanol–water partition coefficient (Wildman–Crippen LogP) is 2.71. The molecule has 0 aliphatic rings. The number of ether oxygens (including phenoxy) is 1. The van der Waals surface area contributed by atoms with Gasteiger partial charge in [0.25, 0.3) is 0 Å². The molecule has 0 spiro atoms. The van der Waals surface area contributed by atoms with Crippen LogP contribution in [0.15, 0.2) is 40.0 Å². The standard InChI is InChI=1S/C14H13N3O3S/c1-9-11(13(18)19-2)7-10(20-9)8-21-14-16-15-12-5-3-4-6-17(12)14/h3-7H,8H2,1-2H3. The SMILES string of the molecule is COC(=O)c1cc(CSc2nnc3ccccn23)oc1C. The first-order valence-corrected chi connectivity index (χ1v) is 7.28. The molecule has 0 atom stereocenters. The van der Waals surface area contributed by atoms with E-state index in [0.29, 0.717) is 22.8 Å². The fourth-order valence-corrected chi connectivity index (χ4v) is 2.79. The largest absolute Gasteiger partial charge is 0.465 e. The molecule has 0 unspecified atom stereocenters. The van der Waals surface area contributed by atoms with E-state index in [1.807, 2.05) is 28.8 Å². The molecule has 3 aromatic heterocycles. The molecule has 0 N–H and O–H groups in total. The number of carbonyl (C=O) groups excluding carboxylic acids is 1. The lowest BCUT2D eigenvalue weighted by Gasteiger charge is -1.97. The number of esters is 1. The Kier molecular flexibility index (Phi) is 3.66. The van der Waals surface area contributed by atoms with Crippen molar-refractivity contribution in [3.8, 4) is 0 Å². The third-order valence-electron chi connectivity index (χ3n) is 3.00. The van der Waals surface area contributed by atoms with Gasteiger partial charge in [0.1, 0.15) is 17.1 Å². The quantitative estimate of drug-likeness (QED) is 0.545. The highest BCUT2D eigenvalue weighted by Crippen LogP contribution is 2.24. The topological polar surface area (TPSA) is 69.6 Å². The van der Waals surface area contributed by atoms with Crippen LogP contribution in [0.1, 0.15) is 21.9 Å². The van der Waals surface area contributed by atoms with Crippen LogP contribution in [0.5, 0.6) is 0 Å². The lowest BCUT2D eigenvalue weighted by atomic mass is 10.2. The Morgan fingerprint density at radius 2 is 2.29 bits per heavy atom. The Morgan fingerprint density at radius 1 is 1.43 bits per heavy atom. The van der Waals surface area contributed by atoms with E-state index in [-0.39, 0.29) is 5.97 Å². The van der Waals surface area contributed by atoms with E-state index < -0.39 is 0 Å². The molecule has 3 aromatic rings. The highest BCUT2D eigenvalue weighted by Gasteiger charge is 2.16. The van der Waals surface area contributed by atoms with Crippen LogP contribution in [0.4, 0.5) is 0 Å². The Morgan fingerprint density at radius 3 is 3.10 bits per heavy atom. The van der Waals surface area contributed by atoms with Crippen molar-refractivity contribution in [1.29, 1.82) is 0 Å². The normalized spacial score (nSPS) is 11.0. The number of methoxy groups -OCH3 is 1. The van der Waals surface area contributed by atoms with Crippen molar-refractivity contribution in [2.75, 3.05) is 7.11 Å². The Bertz CT molecular complexity index is 794. The number of hydrogen-bond acceptors (Lipinski definition) is 6. The van der Waals surface area contributed by atoms with Gasteiger partial charge in [-0.1, -0.05) is 17.8 Å². The summed E-state index contributed by atoms with van der Waals surface area (Å²) >= 11 is 1.49. The maximum Gasteiger partial charge on any atom is 0.341 e. The molecule has 0 fully saturated rings. The minimum atomic E-state index is -0.388. The van der Waals surface area contributed by atoms with Gasteiger partial charge in [-0.05, 0) is 25.1 Å². The van der Waals surface area contributed by atoms with Crippen LogP contribution in [-0.4, -0.2) is 27.7 Å². The minimum Gasteiger partial charge on any atom is -0.465 e. The number of aryl methyl sites for hydroxylation is 1. The molecule has 3 heterocycles. The number of fused-ring (bicyclic) bond motifs is 1. The molecule has 0 radical (unpaired) electrons. The number of pyridine rings is 1. The molecule has 0 aliphatic heterocycles. The second kappa shape index (κ2) is 5.61. The molecule has 0 saturated heterocycles. The van der Waals surface area contributed by atoms with E-state index in [2.05, 4.69) is 10.2 Å². The fourth-order valence-electron chi connectivity index (χ4n) is 1.98. The zero-order valence-electron chi connectivity index (χ0n) is 11.6. The summed E-state index contributed by atoms with van der Waals surface area (Å²) in [6, 6.07) is 7.44. The average molecular weight is 303 g/mol. The number of thioether (sulfide) groups is 1. The number of nitrogens with zero attached hydrogens (tertiary/aromatic N) is 3. The number of hydrogen-bond donors (Lipinski definition) is 0. The summed E-state index contributed by atoms with van der Waals surface area (Å²) in [6.07, 6.45) is 1.91.